The monoisotopic (exact) mass is 620 g/mol. The van der Waals surface area contributed by atoms with E-state index in [1.54, 1.807) is 0 Å². The molecule has 5 unspecified atom stereocenters. The first-order valence-electron chi connectivity index (χ1n) is 14.2. The summed E-state index contributed by atoms with van der Waals surface area (Å²) in [5, 5.41) is 2.58. The topological polar surface area (TPSA) is 121 Å². The van der Waals surface area contributed by atoms with Gasteiger partial charge in [-0.1, -0.05) is 39.0 Å². The Hall–Kier alpha value is -1.47. The molecule has 1 aliphatic heterocycles. The number of aromatic nitrogens is 2. The van der Waals surface area contributed by atoms with Crippen LogP contribution in [0.2, 0.25) is 0 Å². The first-order chi connectivity index (χ1) is 19.4. The lowest BCUT2D eigenvalue weighted by Crippen LogP contribution is -2.38. The van der Waals surface area contributed by atoms with Crippen LogP contribution in [0.5, 0.6) is 0 Å². The van der Waals surface area contributed by atoms with Crippen LogP contribution in [0.4, 0.5) is 10.2 Å². The quantitative estimate of drug-likeness (QED) is 0.190. The molecule has 0 aliphatic carbocycles. The van der Waals surface area contributed by atoms with E-state index < -0.39 is 38.8 Å². The molecule has 1 aromatic rings. The highest BCUT2D eigenvalue weighted by molar-refractivity contribution is 8.13. The fourth-order valence-corrected chi connectivity index (χ4v) is 6.77. The zero-order valence-corrected chi connectivity index (χ0v) is 27.1. The van der Waals surface area contributed by atoms with Gasteiger partial charge in [-0.05, 0) is 40.2 Å². The van der Waals surface area contributed by atoms with E-state index in [1.165, 1.54) is 30.9 Å². The molecule has 0 aromatic carbocycles. The van der Waals surface area contributed by atoms with Crippen molar-refractivity contribution in [1.82, 2.24) is 14.2 Å². The first-order valence-corrected chi connectivity index (χ1v) is 16.3. The predicted molar refractivity (Wildman–Crippen MR) is 159 cm³/mol. The largest absolute Gasteiger partial charge is 0.378 e. The Morgan fingerprint density at radius 3 is 2.44 bits per heavy atom. The maximum atomic E-state index is 16.1. The maximum Gasteiger partial charge on any atom is 0.351 e. The molecule has 2 rings (SSSR count). The summed E-state index contributed by atoms with van der Waals surface area (Å²) < 4.78 is 43.5. The first kappa shape index (κ1) is 35.7. The van der Waals surface area contributed by atoms with Crippen molar-refractivity contribution in [2.45, 2.75) is 105 Å². The van der Waals surface area contributed by atoms with E-state index >= 15 is 4.39 Å². The lowest BCUT2D eigenvalue weighted by molar-refractivity contribution is -0.114. The Bertz CT molecular complexity index is 1020. The molecule has 1 aliphatic rings. The molecule has 1 fully saturated rings. The van der Waals surface area contributed by atoms with Gasteiger partial charge < -0.3 is 23.8 Å². The van der Waals surface area contributed by atoms with Crippen molar-refractivity contribution in [3.8, 4) is 0 Å². The summed E-state index contributed by atoms with van der Waals surface area (Å²) >= 11 is 1.25. The molecule has 0 bridgehead atoms. The van der Waals surface area contributed by atoms with Crippen molar-refractivity contribution in [3.63, 3.8) is 0 Å². The number of alkyl halides is 1. The summed E-state index contributed by atoms with van der Waals surface area (Å²) in [4.78, 5) is 39.6. The van der Waals surface area contributed by atoms with Gasteiger partial charge in [0.1, 0.15) is 11.9 Å². The molecule has 5 atom stereocenters. The van der Waals surface area contributed by atoms with Gasteiger partial charge in [0.05, 0.1) is 25.9 Å². The third-order valence-electron chi connectivity index (χ3n) is 6.08. The summed E-state index contributed by atoms with van der Waals surface area (Å²) in [6.07, 6.45) is -1.88. The molecule has 1 saturated heterocycles. The summed E-state index contributed by atoms with van der Waals surface area (Å²) in [6, 6.07) is 1.53. The van der Waals surface area contributed by atoms with Gasteiger partial charge >= 0.3 is 5.69 Å². The average Bonchev–Trinajstić information content (AvgIpc) is 3.17. The number of carbonyl (C=O) groups excluding carboxylic acids is 2. The van der Waals surface area contributed by atoms with E-state index in [9.17, 15) is 14.4 Å². The van der Waals surface area contributed by atoms with Crippen LogP contribution in [-0.2, 0) is 28.1 Å². The molecule has 2 heterocycles. The standard InChI is InChI=1S/C27H46FN4O7PS/c1-9-10-21-24(23(28)25(38-21)31-12-11-22(29-20(8)33)30-27(31)35)39-40(32(18(4)5)19(6)7)37-14-13-36-15-16-41-26(34)17(2)3/h11-12,17-19,21,23-25H,9-10,13-16H2,1-8H3,(H,29,30,33,35). The molecule has 234 valence electrons. The number of rotatable bonds is 17. The number of hydrogen-bond acceptors (Lipinski definition) is 10. The third-order valence-corrected chi connectivity index (χ3v) is 9.33. The second-order valence-electron chi connectivity index (χ2n) is 10.6. The average molecular weight is 621 g/mol. The number of hydrogen-bond donors (Lipinski definition) is 1. The molecule has 0 spiro atoms. The van der Waals surface area contributed by atoms with Crippen LogP contribution in [0.3, 0.4) is 0 Å². The number of amides is 1. The van der Waals surface area contributed by atoms with Gasteiger partial charge in [-0.25, -0.2) is 13.9 Å². The van der Waals surface area contributed by atoms with Gasteiger partial charge in [0.25, 0.3) is 8.53 Å². The van der Waals surface area contributed by atoms with Crippen molar-refractivity contribution < 1.29 is 32.5 Å². The van der Waals surface area contributed by atoms with Gasteiger partial charge in [-0.2, -0.15) is 4.98 Å². The lowest BCUT2D eigenvalue weighted by Gasteiger charge is -2.37. The van der Waals surface area contributed by atoms with Crippen LogP contribution in [0, 0.1) is 5.92 Å². The second-order valence-corrected chi connectivity index (χ2v) is 13.1. The summed E-state index contributed by atoms with van der Waals surface area (Å²) in [5.74, 6) is 0.259. The highest BCUT2D eigenvalue weighted by Gasteiger charge is 2.49. The minimum Gasteiger partial charge on any atom is -0.378 e. The molecule has 1 N–H and O–H groups in total. The molecular weight excluding hydrogens is 574 g/mol. The van der Waals surface area contributed by atoms with Gasteiger partial charge in [-0.15, -0.1) is 0 Å². The Labute approximate surface area is 248 Å². The zero-order chi connectivity index (χ0) is 30.7. The van der Waals surface area contributed by atoms with E-state index in [4.69, 9.17) is 18.5 Å². The predicted octanol–water partition coefficient (Wildman–Crippen LogP) is 4.92. The Balaban J connectivity index is 2.14. The van der Waals surface area contributed by atoms with Crippen LogP contribution in [-0.4, -0.2) is 81.3 Å². The van der Waals surface area contributed by atoms with E-state index in [0.717, 1.165) is 11.0 Å². The minimum absolute atomic E-state index is 0.0184. The number of nitrogens with one attached hydrogen (secondary N) is 1. The maximum absolute atomic E-state index is 16.1. The number of thioether (sulfide) groups is 1. The Morgan fingerprint density at radius 1 is 1.20 bits per heavy atom. The highest BCUT2D eigenvalue weighted by Crippen LogP contribution is 2.50. The molecule has 0 saturated carbocycles. The fraction of sp³-hybridized carbons (Fsp3) is 0.778. The number of halogens is 1. The van der Waals surface area contributed by atoms with E-state index in [-0.39, 0.29) is 41.4 Å². The molecular formula is C27H46FN4O7PS. The zero-order valence-electron chi connectivity index (χ0n) is 25.4. The van der Waals surface area contributed by atoms with Crippen molar-refractivity contribution in [2.24, 2.45) is 5.92 Å². The van der Waals surface area contributed by atoms with E-state index in [1.807, 2.05) is 48.5 Å². The molecule has 1 amide bonds. The number of carbonyl (C=O) groups is 2. The van der Waals surface area contributed by atoms with Gasteiger partial charge in [-0.3, -0.25) is 14.2 Å². The molecule has 14 heteroatoms. The normalized spacial score (nSPS) is 21.8. The van der Waals surface area contributed by atoms with Crippen LogP contribution >= 0.6 is 20.3 Å². The van der Waals surface area contributed by atoms with Crippen LogP contribution in [0.1, 0.15) is 74.5 Å². The molecule has 0 radical (unpaired) electrons. The van der Waals surface area contributed by atoms with Gasteiger partial charge in [0, 0.05) is 36.9 Å². The van der Waals surface area contributed by atoms with Gasteiger partial charge in [0.2, 0.25) is 5.91 Å². The van der Waals surface area contributed by atoms with Gasteiger partial charge in [0.15, 0.2) is 17.5 Å². The SMILES string of the molecule is CCCC1OC(n2ccc(NC(C)=O)nc2=O)C(F)C1OP(OCCOCCSC(=O)C(C)C)N(C(C)C)C(C)C. The smallest absolute Gasteiger partial charge is 0.351 e. The second kappa shape index (κ2) is 17.6. The molecule has 41 heavy (non-hydrogen) atoms. The molecule has 1 aromatic heterocycles. The van der Waals surface area contributed by atoms with Crippen molar-refractivity contribution in [2.75, 3.05) is 30.9 Å². The summed E-state index contributed by atoms with van der Waals surface area (Å²) in [6.45, 7) is 16.0. The summed E-state index contributed by atoms with van der Waals surface area (Å²) in [7, 11) is -1.71. The lowest BCUT2D eigenvalue weighted by atomic mass is 10.1. The number of anilines is 1. The minimum atomic E-state index is -1.71. The van der Waals surface area contributed by atoms with Crippen molar-refractivity contribution >= 4 is 37.1 Å². The van der Waals surface area contributed by atoms with Crippen LogP contribution in [0.25, 0.3) is 0 Å². The highest BCUT2D eigenvalue weighted by atomic mass is 32.2. The van der Waals surface area contributed by atoms with Crippen molar-refractivity contribution in [1.29, 1.82) is 0 Å². The van der Waals surface area contributed by atoms with Crippen LogP contribution in [0.15, 0.2) is 17.1 Å². The van der Waals surface area contributed by atoms with Crippen molar-refractivity contribution in [3.05, 3.63) is 22.7 Å². The van der Waals surface area contributed by atoms with Crippen LogP contribution < -0.4 is 11.0 Å². The Morgan fingerprint density at radius 2 is 1.88 bits per heavy atom. The van der Waals surface area contributed by atoms with E-state index in [2.05, 4.69) is 15.0 Å². The summed E-state index contributed by atoms with van der Waals surface area (Å²) in [5.41, 5.74) is -0.741. The van der Waals surface area contributed by atoms with E-state index in [0.29, 0.717) is 25.4 Å². The third kappa shape index (κ3) is 10.9. The number of ether oxygens (including phenoxy) is 2. The number of nitrogens with zero attached hydrogens (tertiary/aromatic N) is 3. The fourth-order valence-electron chi connectivity index (χ4n) is 4.29. The Kier molecular flexibility index (Phi) is 15.3. The molecule has 11 nitrogen and oxygen atoms in total.